The van der Waals surface area contributed by atoms with Gasteiger partial charge in [-0.1, -0.05) is 25.1 Å². The standard InChI is InChI=1S/C16H23N5O3S/c1-3-5-11(2)18-14(23)10-25-16-20-19-15(12-6-4-9-24-12)21(16)8-7-13(17)22/h4,6,9,11H,3,5,7-8,10H2,1-2H3,(H2,17,22)(H,18,23)/t11-/m0/s1. The van der Waals surface area contributed by atoms with Gasteiger partial charge < -0.3 is 15.5 Å². The Morgan fingerprint density at radius 2 is 2.24 bits per heavy atom. The maximum Gasteiger partial charge on any atom is 0.230 e. The van der Waals surface area contributed by atoms with E-state index in [1.807, 2.05) is 6.92 Å². The first-order valence-electron chi connectivity index (χ1n) is 8.18. The number of furan rings is 1. The summed E-state index contributed by atoms with van der Waals surface area (Å²) < 4.78 is 7.10. The van der Waals surface area contributed by atoms with Crippen LogP contribution in [0.15, 0.2) is 28.0 Å². The molecule has 8 nitrogen and oxygen atoms in total. The van der Waals surface area contributed by atoms with Crippen LogP contribution in [0, 0.1) is 0 Å². The second-order valence-electron chi connectivity index (χ2n) is 5.70. The van der Waals surface area contributed by atoms with Crippen LogP contribution in [0.5, 0.6) is 0 Å². The number of primary amides is 1. The summed E-state index contributed by atoms with van der Waals surface area (Å²) in [6, 6.07) is 3.65. The van der Waals surface area contributed by atoms with Crippen molar-refractivity contribution in [1.29, 1.82) is 0 Å². The lowest BCUT2D eigenvalue weighted by molar-refractivity contribution is -0.119. The first-order valence-corrected chi connectivity index (χ1v) is 9.17. The molecule has 0 saturated carbocycles. The van der Waals surface area contributed by atoms with E-state index in [9.17, 15) is 9.59 Å². The van der Waals surface area contributed by atoms with Gasteiger partial charge in [0, 0.05) is 19.0 Å². The van der Waals surface area contributed by atoms with Crippen molar-refractivity contribution in [1.82, 2.24) is 20.1 Å². The second kappa shape index (κ2) is 9.26. The fourth-order valence-electron chi connectivity index (χ4n) is 2.36. The molecular weight excluding hydrogens is 342 g/mol. The zero-order valence-electron chi connectivity index (χ0n) is 14.4. The molecule has 0 aromatic carbocycles. The van der Waals surface area contributed by atoms with Crippen molar-refractivity contribution in [3.05, 3.63) is 18.4 Å². The number of hydrogen-bond donors (Lipinski definition) is 2. The van der Waals surface area contributed by atoms with Crippen molar-refractivity contribution in [3.8, 4) is 11.6 Å². The molecule has 2 amide bonds. The van der Waals surface area contributed by atoms with Gasteiger partial charge in [0.05, 0.1) is 12.0 Å². The van der Waals surface area contributed by atoms with E-state index in [-0.39, 0.29) is 24.1 Å². The molecule has 0 aliphatic heterocycles. The van der Waals surface area contributed by atoms with Crippen molar-refractivity contribution < 1.29 is 14.0 Å². The van der Waals surface area contributed by atoms with Gasteiger partial charge in [-0.2, -0.15) is 0 Å². The molecule has 0 spiro atoms. The summed E-state index contributed by atoms with van der Waals surface area (Å²) in [6.45, 7) is 4.39. The van der Waals surface area contributed by atoms with Crippen molar-refractivity contribution in [2.45, 2.75) is 50.9 Å². The van der Waals surface area contributed by atoms with Crippen LogP contribution >= 0.6 is 11.8 Å². The Labute approximate surface area is 150 Å². The van der Waals surface area contributed by atoms with E-state index in [1.54, 1.807) is 16.7 Å². The number of carbonyl (C=O) groups excluding carboxylic acids is 2. The Balaban J connectivity index is 2.06. The zero-order chi connectivity index (χ0) is 18.2. The quantitative estimate of drug-likeness (QED) is 0.620. The van der Waals surface area contributed by atoms with Crippen LogP contribution in [0.2, 0.25) is 0 Å². The maximum absolute atomic E-state index is 12.0. The minimum Gasteiger partial charge on any atom is -0.461 e. The van der Waals surface area contributed by atoms with Crippen LogP contribution in [0.4, 0.5) is 0 Å². The minimum absolute atomic E-state index is 0.0602. The van der Waals surface area contributed by atoms with Gasteiger partial charge >= 0.3 is 0 Å². The van der Waals surface area contributed by atoms with E-state index in [4.69, 9.17) is 10.2 Å². The first-order chi connectivity index (χ1) is 12.0. The molecule has 0 radical (unpaired) electrons. The lowest BCUT2D eigenvalue weighted by atomic mass is 10.2. The molecule has 0 bridgehead atoms. The summed E-state index contributed by atoms with van der Waals surface area (Å²) in [5.41, 5.74) is 5.25. The zero-order valence-corrected chi connectivity index (χ0v) is 15.2. The van der Waals surface area contributed by atoms with Gasteiger partial charge in [-0.25, -0.2) is 0 Å². The van der Waals surface area contributed by atoms with Gasteiger partial charge in [-0.3, -0.25) is 14.2 Å². The van der Waals surface area contributed by atoms with Crippen LogP contribution in [0.25, 0.3) is 11.6 Å². The number of rotatable bonds is 10. The lowest BCUT2D eigenvalue weighted by Crippen LogP contribution is -2.33. The third kappa shape index (κ3) is 5.63. The highest BCUT2D eigenvalue weighted by Gasteiger charge is 2.18. The smallest absolute Gasteiger partial charge is 0.230 e. The van der Waals surface area contributed by atoms with Crippen molar-refractivity contribution in [3.63, 3.8) is 0 Å². The molecule has 0 aliphatic rings. The first kappa shape index (κ1) is 19.0. The summed E-state index contributed by atoms with van der Waals surface area (Å²) in [5.74, 6) is 0.801. The Kier molecular flexibility index (Phi) is 7.05. The van der Waals surface area contributed by atoms with Crippen LogP contribution in [0.1, 0.15) is 33.1 Å². The van der Waals surface area contributed by atoms with Crippen molar-refractivity contribution in [2.24, 2.45) is 5.73 Å². The van der Waals surface area contributed by atoms with Gasteiger partial charge in [0.2, 0.25) is 11.8 Å². The molecule has 2 aromatic rings. The fraction of sp³-hybridized carbons (Fsp3) is 0.500. The molecule has 9 heteroatoms. The molecule has 2 heterocycles. The highest BCUT2D eigenvalue weighted by atomic mass is 32.2. The summed E-state index contributed by atoms with van der Waals surface area (Å²) >= 11 is 1.27. The monoisotopic (exact) mass is 365 g/mol. The Morgan fingerprint density at radius 3 is 2.88 bits per heavy atom. The minimum atomic E-state index is -0.416. The van der Waals surface area contributed by atoms with E-state index < -0.39 is 5.91 Å². The molecule has 0 aliphatic carbocycles. The topological polar surface area (TPSA) is 116 Å². The average molecular weight is 365 g/mol. The molecule has 25 heavy (non-hydrogen) atoms. The molecule has 2 rings (SSSR count). The summed E-state index contributed by atoms with van der Waals surface area (Å²) in [4.78, 5) is 23.2. The third-order valence-corrected chi connectivity index (χ3v) is 4.47. The fourth-order valence-corrected chi connectivity index (χ4v) is 3.13. The molecule has 1 atom stereocenters. The molecule has 0 unspecified atom stereocenters. The second-order valence-corrected chi connectivity index (χ2v) is 6.64. The summed E-state index contributed by atoms with van der Waals surface area (Å²) in [5, 5.41) is 11.7. The normalized spacial score (nSPS) is 12.1. The van der Waals surface area contributed by atoms with Gasteiger partial charge in [0.1, 0.15) is 0 Å². The van der Waals surface area contributed by atoms with Crippen LogP contribution in [0.3, 0.4) is 0 Å². The van der Waals surface area contributed by atoms with Gasteiger partial charge in [-0.05, 0) is 25.5 Å². The molecule has 136 valence electrons. The average Bonchev–Trinajstić information content (AvgIpc) is 3.20. The van der Waals surface area contributed by atoms with E-state index in [2.05, 4.69) is 22.4 Å². The highest BCUT2D eigenvalue weighted by Crippen LogP contribution is 2.24. The molecule has 2 aromatic heterocycles. The van der Waals surface area contributed by atoms with E-state index >= 15 is 0 Å². The predicted molar refractivity (Wildman–Crippen MR) is 94.8 cm³/mol. The van der Waals surface area contributed by atoms with E-state index in [1.165, 1.54) is 18.0 Å². The number of hydrogen-bond acceptors (Lipinski definition) is 6. The summed E-state index contributed by atoms with van der Waals surface area (Å²) in [7, 11) is 0. The number of carbonyl (C=O) groups is 2. The number of amides is 2. The van der Waals surface area contributed by atoms with E-state index in [0.717, 1.165) is 12.8 Å². The predicted octanol–water partition coefficient (Wildman–Crippen LogP) is 1.81. The van der Waals surface area contributed by atoms with Crippen molar-refractivity contribution >= 4 is 23.6 Å². The van der Waals surface area contributed by atoms with Gasteiger partial charge in [-0.15, -0.1) is 10.2 Å². The Morgan fingerprint density at radius 1 is 1.44 bits per heavy atom. The van der Waals surface area contributed by atoms with Crippen LogP contribution in [-0.2, 0) is 16.1 Å². The third-order valence-electron chi connectivity index (χ3n) is 3.50. The SMILES string of the molecule is CCC[C@H](C)NC(=O)CSc1nnc(-c2ccco2)n1CCC(N)=O. The molecule has 0 fully saturated rings. The van der Waals surface area contributed by atoms with Gasteiger partial charge in [0.15, 0.2) is 16.7 Å². The van der Waals surface area contributed by atoms with E-state index in [0.29, 0.717) is 23.3 Å². The highest BCUT2D eigenvalue weighted by molar-refractivity contribution is 7.99. The number of aromatic nitrogens is 3. The Hall–Kier alpha value is -2.29. The number of nitrogens with zero attached hydrogens (tertiary/aromatic N) is 3. The van der Waals surface area contributed by atoms with Crippen molar-refractivity contribution in [2.75, 3.05) is 5.75 Å². The molecule has 0 saturated heterocycles. The number of nitrogens with one attached hydrogen (secondary N) is 1. The summed E-state index contributed by atoms with van der Waals surface area (Å²) in [6.07, 6.45) is 3.65. The Bertz CT molecular complexity index is 699. The molecular formula is C16H23N5O3S. The largest absolute Gasteiger partial charge is 0.461 e. The maximum atomic E-state index is 12.0. The van der Waals surface area contributed by atoms with Crippen LogP contribution < -0.4 is 11.1 Å². The lowest BCUT2D eigenvalue weighted by Gasteiger charge is -2.12. The number of nitrogens with two attached hydrogens (primary N) is 1. The van der Waals surface area contributed by atoms with Crippen LogP contribution in [-0.4, -0.2) is 38.4 Å². The number of thioether (sulfide) groups is 1. The molecule has 3 N–H and O–H groups in total. The van der Waals surface area contributed by atoms with Gasteiger partial charge in [0.25, 0.3) is 0 Å².